The van der Waals surface area contributed by atoms with Crippen LogP contribution >= 0.6 is 27.5 Å². The van der Waals surface area contributed by atoms with Crippen molar-refractivity contribution in [2.45, 2.75) is 76.7 Å². The van der Waals surface area contributed by atoms with Gasteiger partial charge in [-0.25, -0.2) is 8.78 Å². The quantitative estimate of drug-likeness (QED) is 0.381. The summed E-state index contributed by atoms with van der Waals surface area (Å²) in [7, 11) is 0. The first kappa shape index (κ1) is 20.6. The Kier molecular flexibility index (Phi) is 7.68. The van der Waals surface area contributed by atoms with Gasteiger partial charge in [-0.2, -0.15) is 0 Å². The van der Waals surface area contributed by atoms with Gasteiger partial charge in [-0.05, 0) is 34.5 Å². The monoisotopic (exact) mass is 436 g/mol. The number of Topliss-reactive ketones (excluding diaryl/α,β-unsaturated/α-hetero) is 1. The van der Waals surface area contributed by atoms with Crippen LogP contribution in [0.5, 0.6) is 5.75 Å². The van der Waals surface area contributed by atoms with E-state index in [-0.39, 0.29) is 29.9 Å². The first-order chi connectivity index (χ1) is 11.8. The number of rotatable bonds is 9. The van der Waals surface area contributed by atoms with Crippen LogP contribution in [0.25, 0.3) is 0 Å². The molecule has 1 aromatic rings. The molecular weight excluding hydrogens is 414 g/mol. The van der Waals surface area contributed by atoms with Gasteiger partial charge in [0, 0.05) is 11.4 Å². The number of unbranched alkanes of at least 4 members (excludes halogenated alkanes) is 6. The molecule has 0 saturated heterocycles. The molecule has 140 valence electrons. The van der Waals surface area contributed by atoms with Crippen molar-refractivity contribution in [2.24, 2.45) is 0 Å². The zero-order valence-electron chi connectivity index (χ0n) is 14.4. The summed E-state index contributed by atoms with van der Waals surface area (Å²) < 4.78 is 34.9. The topological polar surface area (TPSA) is 26.3 Å². The molecule has 0 radical (unpaired) electrons. The molecule has 1 aliphatic rings. The van der Waals surface area contributed by atoms with E-state index < -0.39 is 12.0 Å². The maximum absolute atomic E-state index is 14.5. The maximum atomic E-state index is 14.5. The highest BCUT2D eigenvalue weighted by Gasteiger charge is 2.45. The average molecular weight is 438 g/mol. The second kappa shape index (κ2) is 9.31. The van der Waals surface area contributed by atoms with Crippen LogP contribution in [-0.4, -0.2) is 17.8 Å². The zero-order valence-corrected chi connectivity index (χ0v) is 16.8. The van der Waals surface area contributed by atoms with E-state index in [9.17, 15) is 13.6 Å². The van der Waals surface area contributed by atoms with Crippen LogP contribution in [0.2, 0.25) is 5.02 Å². The predicted molar refractivity (Wildman–Crippen MR) is 100 cm³/mol. The van der Waals surface area contributed by atoms with E-state index in [0.717, 1.165) is 19.3 Å². The molecule has 0 saturated carbocycles. The Morgan fingerprint density at radius 3 is 2.52 bits per heavy atom. The standard InChI is InChI=1S/C19H24BrClF2O2/c1-2-3-4-5-6-7-8-9-19(22,23)17-12-16(24)14-10-13(21)11-15(20)18(14)25-17/h10-11,17H,2-9,12H2,1H3. The molecule has 1 heterocycles. The lowest BCUT2D eigenvalue weighted by Crippen LogP contribution is -2.42. The summed E-state index contributed by atoms with van der Waals surface area (Å²) in [5.74, 6) is -3.20. The van der Waals surface area contributed by atoms with E-state index in [1.54, 1.807) is 6.07 Å². The third-order valence-electron chi connectivity index (χ3n) is 4.52. The summed E-state index contributed by atoms with van der Waals surface area (Å²) in [6.45, 7) is 2.15. The Morgan fingerprint density at radius 1 is 1.20 bits per heavy atom. The van der Waals surface area contributed by atoms with Gasteiger partial charge in [0.05, 0.1) is 16.5 Å². The number of ketones is 1. The predicted octanol–water partition coefficient (Wildman–Crippen LogP) is 7.21. The average Bonchev–Trinajstić information content (AvgIpc) is 2.54. The number of benzene rings is 1. The van der Waals surface area contributed by atoms with Gasteiger partial charge in [0.1, 0.15) is 5.75 Å². The van der Waals surface area contributed by atoms with Gasteiger partial charge in [0.15, 0.2) is 11.9 Å². The van der Waals surface area contributed by atoms with Crippen LogP contribution < -0.4 is 4.74 Å². The second-order valence-corrected chi connectivity index (χ2v) is 7.92. The van der Waals surface area contributed by atoms with Crippen LogP contribution in [0.4, 0.5) is 8.78 Å². The minimum Gasteiger partial charge on any atom is -0.482 e. The van der Waals surface area contributed by atoms with Crippen molar-refractivity contribution in [3.8, 4) is 5.75 Å². The fraction of sp³-hybridized carbons (Fsp3) is 0.632. The number of halogens is 4. The van der Waals surface area contributed by atoms with Gasteiger partial charge in [-0.15, -0.1) is 0 Å². The largest absolute Gasteiger partial charge is 0.482 e. The summed E-state index contributed by atoms with van der Waals surface area (Å²) in [5.41, 5.74) is 0.266. The number of alkyl halides is 2. The van der Waals surface area contributed by atoms with Gasteiger partial charge >= 0.3 is 0 Å². The van der Waals surface area contributed by atoms with Gasteiger partial charge in [0.2, 0.25) is 0 Å². The van der Waals surface area contributed by atoms with Gasteiger partial charge in [-0.3, -0.25) is 4.79 Å². The molecule has 0 fully saturated rings. The Labute approximate surface area is 161 Å². The molecule has 0 spiro atoms. The summed E-state index contributed by atoms with van der Waals surface area (Å²) in [6, 6.07) is 3.01. The third-order valence-corrected chi connectivity index (χ3v) is 5.33. The van der Waals surface area contributed by atoms with E-state index in [1.807, 2.05) is 0 Å². The lowest BCUT2D eigenvalue weighted by atomic mass is 9.94. The summed E-state index contributed by atoms with van der Waals surface area (Å²) >= 11 is 9.16. The van der Waals surface area contributed by atoms with E-state index in [0.29, 0.717) is 15.9 Å². The van der Waals surface area contributed by atoms with Crippen LogP contribution in [0.3, 0.4) is 0 Å². The van der Waals surface area contributed by atoms with Crippen molar-refractivity contribution >= 4 is 33.3 Å². The molecule has 0 amide bonds. The summed E-state index contributed by atoms with van der Waals surface area (Å²) in [5, 5.41) is 0.371. The van der Waals surface area contributed by atoms with Crippen molar-refractivity contribution in [2.75, 3.05) is 0 Å². The molecule has 2 nitrogen and oxygen atoms in total. The lowest BCUT2D eigenvalue weighted by Gasteiger charge is -2.32. The van der Waals surface area contributed by atoms with E-state index in [1.165, 1.54) is 25.3 Å². The number of carbonyl (C=O) groups is 1. The molecular formula is C19H24BrClF2O2. The van der Waals surface area contributed by atoms with Gasteiger partial charge in [0.25, 0.3) is 5.92 Å². The first-order valence-corrected chi connectivity index (χ1v) is 10.1. The molecule has 0 N–H and O–H groups in total. The fourth-order valence-electron chi connectivity index (χ4n) is 3.06. The van der Waals surface area contributed by atoms with Gasteiger partial charge < -0.3 is 4.74 Å². The highest BCUT2D eigenvalue weighted by molar-refractivity contribution is 9.10. The molecule has 25 heavy (non-hydrogen) atoms. The molecule has 1 atom stereocenters. The Bertz CT molecular complexity index is 607. The Morgan fingerprint density at radius 2 is 1.84 bits per heavy atom. The molecule has 1 aromatic carbocycles. The molecule has 6 heteroatoms. The molecule has 0 bridgehead atoms. The van der Waals surface area contributed by atoms with Crippen LogP contribution in [-0.2, 0) is 0 Å². The van der Waals surface area contributed by atoms with Crippen LogP contribution in [0, 0.1) is 0 Å². The molecule has 1 unspecified atom stereocenters. The van der Waals surface area contributed by atoms with Crippen LogP contribution in [0.1, 0.15) is 75.1 Å². The summed E-state index contributed by atoms with van der Waals surface area (Å²) in [4.78, 5) is 12.2. The normalized spacial score (nSPS) is 17.3. The highest BCUT2D eigenvalue weighted by Crippen LogP contribution is 2.41. The first-order valence-electron chi connectivity index (χ1n) is 8.92. The molecule has 1 aliphatic heterocycles. The van der Waals surface area contributed by atoms with Crippen LogP contribution in [0.15, 0.2) is 16.6 Å². The maximum Gasteiger partial charge on any atom is 0.284 e. The molecule has 0 aliphatic carbocycles. The van der Waals surface area contributed by atoms with E-state index >= 15 is 0 Å². The number of fused-ring (bicyclic) bond motifs is 1. The molecule has 2 rings (SSSR count). The lowest BCUT2D eigenvalue weighted by molar-refractivity contribution is -0.104. The molecule has 0 aromatic heterocycles. The van der Waals surface area contributed by atoms with Gasteiger partial charge in [-0.1, -0.05) is 57.0 Å². The van der Waals surface area contributed by atoms with Crippen molar-refractivity contribution in [1.82, 2.24) is 0 Å². The third kappa shape index (κ3) is 5.65. The second-order valence-electron chi connectivity index (χ2n) is 6.63. The fourth-order valence-corrected chi connectivity index (χ4v) is 3.97. The van der Waals surface area contributed by atoms with Crippen molar-refractivity contribution < 1.29 is 18.3 Å². The van der Waals surface area contributed by atoms with E-state index in [4.69, 9.17) is 16.3 Å². The Hall–Kier alpha value is -0.680. The van der Waals surface area contributed by atoms with Crippen molar-refractivity contribution in [1.29, 1.82) is 0 Å². The minimum atomic E-state index is -3.02. The number of hydrogen-bond acceptors (Lipinski definition) is 2. The summed E-state index contributed by atoms with van der Waals surface area (Å²) in [6.07, 6.45) is 4.87. The highest BCUT2D eigenvalue weighted by atomic mass is 79.9. The Balaban J connectivity index is 1.91. The minimum absolute atomic E-state index is 0.171. The number of ether oxygens (including phenoxy) is 1. The van der Waals surface area contributed by atoms with Crippen molar-refractivity contribution in [3.05, 3.63) is 27.2 Å². The van der Waals surface area contributed by atoms with Crippen molar-refractivity contribution in [3.63, 3.8) is 0 Å². The number of carbonyl (C=O) groups excluding carboxylic acids is 1. The SMILES string of the molecule is CCCCCCCCCC(F)(F)C1CC(=O)c2cc(Cl)cc(Br)c2O1. The van der Waals surface area contributed by atoms with E-state index in [2.05, 4.69) is 22.9 Å². The zero-order chi connectivity index (χ0) is 18.4. The number of hydrogen-bond donors (Lipinski definition) is 0. The smallest absolute Gasteiger partial charge is 0.284 e.